The first-order valence-electron chi connectivity index (χ1n) is 8.90. The molecule has 1 atom stereocenters. The fourth-order valence-electron chi connectivity index (χ4n) is 3.20. The van der Waals surface area contributed by atoms with E-state index in [4.69, 9.17) is 9.15 Å². The molecule has 8 heteroatoms. The predicted octanol–water partition coefficient (Wildman–Crippen LogP) is 2.55. The van der Waals surface area contributed by atoms with Gasteiger partial charge in [-0.15, -0.1) is 0 Å². The molecule has 1 saturated heterocycles. The lowest BCUT2D eigenvalue weighted by Crippen LogP contribution is -2.42. The van der Waals surface area contributed by atoms with E-state index in [9.17, 15) is 19.2 Å². The van der Waals surface area contributed by atoms with Crippen LogP contribution in [0.1, 0.15) is 67.5 Å². The first-order chi connectivity index (χ1) is 12.5. The Kier molecular flexibility index (Phi) is 5.77. The zero-order chi connectivity index (χ0) is 20.5. The van der Waals surface area contributed by atoms with Gasteiger partial charge in [0.2, 0.25) is 17.7 Å². The van der Waals surface area contributed by atoms with Crippen LogP contribution in [0, 0.1) is 12.8 Å². The number of amides is 2. The monoisotopic (exact) mass is 378 g/mol. The minimum absolute atomic E-state index is 0.0805. The number of hydrogen-bond acceptors (Lipinski definition) is 6. The molecule has 1 unspecified atom stereocenters. The highest BCUT2D eigenvalue weighted by Gasteiger charge is 2.40. The molecule has 1 aromatic heterocycles. The SMILES string of the molecule is CCOC(=O)c1c(NC(=O)C2CC(=O)N(C(C)(C)C)C2)oc(C)c1C(C)=O. The summed E-state index contributed by atoms with van der Waals surface area (Å²) in [5.41, 5.74) is -0.389. The minimum atomic E-state index is -0.742. The van der Waals surface area contributed by atoms with Crippen LogP contribution in [0.2, 0.25) is 0 Å². The number of ketones is 1. The van der Waals surface area contributed by atoms with Crippen LogP contribution >= 0.6 is 0 Å². The average molecular weight is 378 g/mol. The van der Waals surface area contributed by atoms with E-state index < -0.39 is 17.8 Å². The van der Waals surface area contributed by atoms with E-state index in [2.05, 4.69) is 5.32 Å². The highest BCUT2D eigenvalue weighted by Crippen LogP contribution is 2.31. The Morgan fingerprint density at radius 3 is 2.37 bits per heavy atom. The Balaban J connectivity index is 2.28. The quantitative estimate of drug-likeness (QED) is 0.623. The highest BCUT2D eigenvalue weighted by molar-refractivity contribution is 6.11. The summed E-state index contributed by atoms with van der Waals surface area (Å²) in [4.78, 5) is 50.7. The minimum Gasteiger partial charge on any atom is -0.462 e. The Bertz CT molecular complexity index is 787. The number of esters is 1. The van der Waals surface area contributed by atoms with Crippen LogP contribution in [-0.2, 0) is 14.3 Å². The van der Waals surface area contributed by atoms with Crippen LogP contribution in [0.4, 0.5) is 5.88 Å². The number of nitrogens with one attached hydrogen (secondary N) is 1. The first kappa shape index (κ1) is 20.7. The van der Waals surface area contributed by atoms with E-state index in [1.807, 2.05) is 20.8 Å². The number of furan rings is 1. The molecule has 1 aliphatic rings. The van der Waals surface area contributed by atoms with Gasteiger partial charge in [0.25, 0.3) is 0 Å². The number of likely N-dealkylation sites (tertiary alicyclic amines) is 1. The molecule has 27 heavy (non-hydrogen) atoms. The molecule has 1 aliphatic heterocycles. The zero-order valence-electron chi connectivity index (χ0n) is 16.6. The van der Waals surface area contributed by atoms with Crippen molar-refractivity contribution in [3.05, 3.63) is 16.9 Å². The highest BCUT2D eigenvalue weighted by atomic mass is 16.5. The van der Waals surface area contributed by atoms with Crippen LogP contribution in [0.3, 0.4) is 0 Å². The summed E-state index contributed by atoms with van der Waals surface area (Å²) in [5, 5.41) is 2.56. The van der Waals surface area contributed by atoms with Gasteiger partial charge in [-0.05, 0) is 41.5 Å². The van der Waals surface area contributed by atoms with Gasteiger partial charge in [-0.2, -0.15) is 0 Å². The Morgan fingerprint density at radius 2 is 1.89 bits per heavy atom. The van der Waals surface area contributed by atoms with Crippen molar-refractivity contribution in [1.29, 1.82) is 0 Å². The summed E-state index contributed by atoms with van der Waals surface area (Å²) in [6, 6.07) is 0. The predicted molar refractivity (Wildman–Crippen MR) is 97.6 cm³/mol. The van der Waals surface area contributed by atoms with Crippen LogP contribution in [0.25, 0.3) is 0 Å². The summed E-state index contributed by atoms with van der Waals surface area (Å²) < 4.78 is 10.5. The lowest BCUT2D eigenvalue weighted by Gasteiger charge is -2.31. The smallest absolute Gasteiger partial charge is 0.344 e. The molecule has 0 aromatic carbocycles. The summed E-state index contributed by atoms with van der Waals surface area (Å²) >= 11 is 0. The van der Waals surface area contributed by atoms with Gasteiger partial charge in [0.1, 0.15) is 11.3 Å². The van der Waals surface area contributed by atoms with Crippen LogP contribution in [0.15, 0.2) is 4.42 Å². The van der Waals surface area contributed by atoms with Gasteiger partial charge in [0, 0.05) is 18.5 Å². The van der Waals surface area contributed by atoms with Gasteiger partial charge < -0.3 is 14.1 Å². The van der Waals surface area contributed by atoms with E-state index in [1.54, 1.807) is 11.8 Å². The van der Waals surface area contributed by atoms with E-state index in [0.717, 1.165) is 0 Å². The molecule has 2 rings (SSSR count). The van der Waals surface area contributed by atoms with E-state index >= 15 is 0 Å². The molecule has 8 nitrogen and oxygen atoms in total. The van der Waals surface area contributed by atoms with Crippen molar-refractivity contribution in [3.8, 4) is 0 Å². The lowest BCUT2D eigenvalue weighted by atomic mass is 10.1. The second-order valence-electron chi connectivity index (χ2n) is 7.58. The number of hydrogen-bond donors (Lipinski definition) is 1. The van der Waals surface area contributed by atoms with Gasteiger partial charge >= 0.3 is 5.97 Å². The molecule has 0 radical (unpaired) electrons. The molecule has 2 heterocycles. The molecule has 1 N–H and O–H groups in total. The summed E-state index contributed by atoms with van der Waals surface area (Å²) in [5.74, 6) is -2.12. The van der Waals surface area contributed by atoms with Crippen LogP contribution in [0.5, 0.6) is 0 Å². The molecule has 1 fully saturated rings. The maximum atomic E-state index is 12.7. The van der Waals surface area contributed by atoms with Crippen LogP contribution in [-0.4, -0.2) is 47.2 Å². The van der Waals surface area contributed by atoms with Crippen molar-refractivity contribution >= 4 is 29.5 Å². The Labute approximate surface area is 158 Å². The average Bonchev–Trinajstić information content (AvgIpc) is 3.07. The molecular formula is C19H26N2O6. The summed E-state index contributed by atoms with van der Waals surface area (Å²) in [7, 11) is 0. The van der Waals surface area contributed by atoms with Gasteiger partial charge in [0.05, 0.1) is 18.1 Å². The topological polar surface area (TPSA) is 106 Å². The van der Waals surface area contributed by atoms with E-state index in [-0.39, 0.29) is 59.6 Å². The van der Waals surface area contributed by atoms with E-state index in [0.29, 0.717) is 0 Å². The third-order valence-corrected chi connectivity index (χ3v) is 4.46. The maximum absolute atomic E-state index is 12.7. The van der Waals surface area contributed by atoms with Gasteiger partial charge in [0.15, 0.2) is 5.78 Å². The van der Waals surface area contributed by atoms with Crippen molar-refractivity contribution in [2.45, 2.75) is 53.5 Å². The molecule has 1 aromatic rings. The Hall–Kier alpha value is -2.64. The number of nitrogens with zero attached hydrogens (tertiary/aromatic N) is 1. The van der Waals surface area contributed by atoms with E-state index in [1.165, 1.54) is 13.8 Å². The molecule has 0 saturated carbocycles. The van der Waals surface area contributed by atoms with Crippen LogP contribution < -0.4 is 5.32 Å². The number of Topliss-reactive ketones (excluding diaryl/α,β-unsaturated/α-hetero) is 1. The van der Waals surface area contributed by atoms with Crippen molar-refractivity contribution in [2.75, 3.05) is 18.5 Å². The van der Waals surface area contributed by atoms with Crippen molar-refractivity contribution < 1.29 is 28.3 Å². The normalized spacial score (nSPS) is 17.2. The van der Waals surface area contributed by atoms with Gasteiger partial charge in [-0.1, -0.05) is 0 Å². The standard InChI is InChI=1S/C19H26N2O6/c1-7-26-18(25)15-14(10(2)22)11(3)27-17(15)20-16(24)12-8-13(23)21(9-12)19(4,5)6/h12H,7-9H2,1-6H3,(H,20,24). The maximum Gasteiger partial charge on any atom is 0.344 e. The van der Waals surface area contributed by atoms with Gasteiger partial charge in [-0.25, -0.2) is 4.79 Å². The Morgan fingerprint density at radius 1 is 1.26 bits per heavy atom. The lowest BCUT2D eigenvalue weighted by molar-refractivity contribution is -0.131. The number of carbonyl (C=O) groups excluding carboxylic acids is 4. The zero-order valence-corrected chi connectivity index (χ0v) is 16.6. The second kappa shape index (κ2) is 7.54. The molecule has 0 bridgehead atoms. The largest absolute Gasteiger partial charge is 0.462 e. The summed E-state index contributed by atoms with van der Waals surface area (Å²) in [6.07, 6.45) is 0.0805. The molecule has 2 amide bonds. The van der Waals surface area contributed by atoms with Crippen molar-refractivity contribution in [1.82, 2.24) is 4.90 Å². The fourth-order valence-corrected chi connectivity index (χ4v) is 3.20. The second-order valence-corrected chi connectivity index (χ2v) is 7.58. The fraction of sp³-hybridized carbons (Fsp3) is 0.579. The van der Waals surface area contributed by atoms with Crippen molar-refractivity contribution in [2.24, 2.45) is 5.92 Å². The number of aryl methyl sites for hydroxylation is 1. The molecule has 0 spiro atoms. The third-order valence-electron chi connectivity index (χ3n) is 4.46. The third kappa shape index (κ3) is 4.20. The number of rotatable bonds is 5. The van der Waals surface area contributed by atoms with Gasteiger partial charge in [-0.3, -0.25) is 19.7 Å². The number of carbonyl (C=O) groups is 4. The molecule has 0 aliphatic carbocycles. The van der Waals surface area contributed by atoms with Crippen molar-refractivity contribution in [3.63, 3.8) is 0 Å². The number of ether oxygens (including phenoxy) is 1. The number of anilines is 1. The molecule has 148 valence electrons. The first-order valence-corrected chi connectivity index (χ1v) is 8.90. The summed E-state index contributed by atoms with van der Waals surface area (Å²) in [6.45, 7) is 10.6. The molecular weight excluding hydrogens is 352 g/mol.